The maximum atomic E-state index is 2.45. The molecule has 0 unspecified atom stereocenters. The first-order chi connectivity index (χ1) is 28.3. The van der Waals surface area contributed by atoms with Crippen LogP contribution in [0.5, 0.6) is 0 Å². The summed E-state index contributed by atoms with van der Waals surface area (Å²) >= 11 is 1.91. The molecule has 10 bridgehead atoms. The van der Waals surface area contributed by atoms with Gasteiger partial charge in [-0.1, -0.05) is 170 Å². The summed E-state index contributed by atoms with van der Waals surface area (Å²) in [5.74, 6) is 0. The molecular formula is C56H34S. The van der Waals surface area contributed by atoms with Gasteiger partial charge in [0.25, 0.3) is 0 Å². The van der Waals surface area contributed by atoms with E-state index in [4.69, 9.17) is 0 Å². The molecule has 12 aromatic rings. The normalized spacial score (nSPS) is 11.9. The van der Waals surface area contributed by atoms with Crippen LogP contribution in [0.4, 0.5) is 0 Å². The number of hydrogen-bond acceptors (Lipinski definition) is 1. The van der Waals surface area contributed by atoms with Crippen LogP contribution in [0, 0.1) is 0 Å². The molecule has 0 radical (unpaired) electrons. The molecule has 0 spiro atoms. The van der Waals surface area contributed by atoms with Gasteiger partial charge < -0.3 is 0 Å². The zero-order chi connectivity index (χ0) is 37.5. The predicted octanol–water partition coefficient (Wildman–Crippen LogP) is 16.6. The van der Waals surface area contributed by atoms with Crippen LogP contribution in [0.1, 0.15) is 0 Å². The second kappa shape index (κ2) is 12.7. The Morgan fingerprint density at radius 3 is 1.00 bits per heavy atom. The summed E-state index contributed by atoms with van der Waals surface area (Å²) in [5.41, 5.74) is 5.03. The van der Waals surface area contributed by atoms with E-state index in [0.717, 1.165) is 0 Å². The Bertz CT molecular complexity index is 3430. The van der Waals surface area contributed by atoms with Crippen molar-refractivity contribution in [2.24, 2.45) is 0 Å². The van der Waals surface area contributed by atoms with E-state index in [-0.39, 0.29) is 0 Å². The fraction of sp³-hybridized carbons (Fsp3) is 0. The highest BCUT2D eigenvalue weighted by Gasteiger charge is 2.17. The summed E-state index contributed by atoms with van der Waals surface area (Å²) in [7, 11) is 0. The molecule has 2 heterocycles. The van der Waals surface area contributed by atoms with Crippen molar-refractivity contribution in [3.8, 4) is 22.3 Å². The highest BCUT2D eigenvalue weighted by molar-refractivity contribution is 7.25. The van der Waals surface area contributed by atoms with Crippen LogP contribution in [-0.2, 0) is 0 Å². The van der Waals surface area contributed by atoms with Crippen LogP contribution < -0.4 is 0 Å². The van der Waals surface area contributed by atoms with Gasteiger partial charge in [-0.3, -0.25) is 0 Å². The summed E-state index contributed by atoms with van der Waals surface area (Å²) in [6, 6.07) is 77.0. The number of fused-ring (bicyclic) bond motifs is 17. The second-order valence-electron chi connectivity index (χ2n) is 15.2. The summed E-state index contributed by atoms with van der Waals surface area (Å²) in [6.07, 6.45) is 0. The molecule has 0 fully saturated rings. The molecule has 0 nitrogen and oxygen atoms in total. The third-order valence-corrected chi connectivity index (χ3v) is 13.1. The van der Waals surface area contributed by atoms with Crippen molar-refractivity contribution in [3.63, 3.8) is 0 Å². The van der Waals surface area contributed by atoms with E-state index in [0.29, 0.717) is 0 Å². The average Bonchev–Trinajstić information content (AvgIpc) is 3.76. The fourth-order valence-corrected chi connectivity index (χ4v) is 10.6. The zero-order valence-corrected chi connectivity index (χ0v) is 31.9. The van der Waals surface area contributed by atoms with Crippen LogP contribution in [0.2, 0.25) is 0 Å². The Morgan fingerprint density at radius 2 is 0.579 bits per heavy atom. The van der Waals surface area contributed by atoms with E-state index in [9.17, 15) is 0 Å². The van der Waals surface area contributed by atoms with Crippen molar-refractivity contribution in [1.82, 2.24) is 0 Å². The van der Waals surface area contributed by atoms with Gasteiger partial charge in [-0.25, -0.2) is 0 Å². The molecule has 0 N–H and O–H groups in total. The van der Waals surface area contributed by atoms with Gasteiger partial charge >= 0.3 is 0 Å². The van der Waals surface area contributed by atoms with E-state index in [1.54, 1.807) is 0 Å². The fourth-order valence-electron chi connectivity index (χ4n) is 9.44. The van der Waals surface area contributed by atoms with Gasteiger partial charge in [-0.15, -0.1) is 11.3 Å². The lowest BCUT2D eigenvalue weighted by molar-refractivity contribution is 1.68. The highest BCUT2D eigenvalue weighted by atomic mass is 32.1. The molecule has 57 heavy (non-hydrogen) atoms. The van der Waals surface area contributed by atoms with Gasteiger partial charge in [-0.05, 0) is 134 Å². The first kappa shape index (κ1) is 32.2. The largest absolute Gasteiger partial charge is 0.135 e. The van der Waals surface area contributed by atoms with Gasteiger partial charge in [0.2, 0.25) is 0 Å². The van der Waals surface area contributed by atoms with Crippen LogP contribution in [0.25, 0.3) is 118 Å². The lowest BCUT2D eigenvalue weighted by Gasteiger charge is -2.15. The molecule has 0 amide bonds. The Labute approximate surface area is 333 Å². The van der Waals surface area contributed by atoms with E-state index in [2.05, 4.69) is 206 Å². The number of rotatable bonds is 2. The van der Waals surface area contributed by atoms with Crippen LogP contribution in [0.3, 0.4) is 0 Å². The summed E-state index contributed by atoms with van der Waals surface area (Å²) in [6.45, 7) is 0. The molecule has 0 aliphatic heterocycles. The number of benzene rings is 10. The first-order valence-electron chi connectivity index (χ1n) is 19.7. The Morgan fingerprint density at radius 1 is 0.228 bits per heavy atom. The second-order valence-corrected chi connectivity index (χ2v) is 16.3. The van der Waals surface area contributed by atoms with Crippen molar-refractivity contribution in [2.75, 3.05) is 0 Å². The minimum absolute atomic E-state index is 1.21. The summed E-state index contributed by atoms with van der Waals surface area (Å²) in [5, 5.41) is 20.0. The topological polar surface area (TPSA) is 0 Å². The lowest BCUT2D eigenvalue weighted by Crippen LogP contribution is -1.87. The number of hydrogen-bond donors (Lipinski definition) is 0. The number of thiophene rings is 1. The van der Waals surface area contributed by atoms with Crippen LogP contribution in [-0.4, -0.2) is 0 Å². The minimum atomic E-state index is 1.21. The van der Waals surface area contributed by atoms with Crippen molar-refractivity contribution < 1.29 is 0 Å². The summed E-state index contributed by atoms with van der Waals surface area (Å²) < 4.78 is 2.54. The Balaban J connectivity index is 1.36. The smallest absolute Gasteiger partial charge is 0.0361 e. The minimum Gasteiger partial charge on any atom is -0.135 e. The zero-order valence-electron chi connectivity index (χ0n) is 31.0. The van der Waals surface area contributed by atoms with Gasteiger partial charge in [0.15, 0.2) is 0 Å². The lowest BCUT2D eigenvalue weighted by atomic mass is 9.89. The van der Waals surface area contributed by atoms with E-state index in [1.165, 1.54) is 118 Å². The molecule has 264 valence electrons. The molecular weight excluding hydrogens is 705 g/mol. The quantitative estimate of drug-likeness (QED) is 0.155. The average molecular weight is 739 g/mol. The third kappa shape index (κ3) is 5.06. The van der Waals surface area contributed by atoms with E-state index < -0.39 is 0 Å². The maximum absolute atomic E-state index is 2.45. The Hall–Kier alpha value is -7.06. The molecule has 0 saturated carbocycles. The van der Waals surface area contributed by atoms with Crippen LogP contribution in [0.15, 0.2) is 206 Å². The van der Waals surface area contributed by atoms with Crippen molar-refractivity contribution in [3.05, 3.63) is 206 Å². The molecule has 12 rings (SSSR count). The van der Waals surface area contributed by atoms with Crippen LogP contribution >= 0.6 is 11.3 Å². The van der Waals surface area contributed by atoms with Crippen molar-refractivity contribution in [2.45, 2.75) is 0 Å². The van der Waals surface area contributed by atoms with Crippen molar-refractivity contribution >= 4 is 107 Å². The third-order valence-electron chi connectivity index (χ3n) is 12.0. The first-order valence-corrected chi connectivity index (χ1v) is 20.5. The molecule has 1 heteroatoms. The van der Waals surface area contributed by atoms with E-state index in [1.807, 2.05) is 11.3 Å². The van der Waals surface area contributed by atoms with Crippen molar-refractivity contribution in [1.29, 1.82) is 0 Å². The molecule has 0 aliphatic rings. The summed E-state index contributed by atoms with van der Waals surface area (Å²) in [4.78, 5) is 0. The SMILES string of the molecule is c1ccc(-c2c3ccccc3c3c4ccc(s4)c4c5ccccc5c(-c5ccccc5)c5ccc(cc54)c4cccc(c4)c4cccc(c4)c4ccc2c3c4)cc1. The van der Waals surface area contributed by atoms with Gasteiger partial charge in [0.05, 0.1) is 0 Å². The highest BCUT2D eigenvalue weighted by Crippen LogP contribution is 2.46. The molecule has 10 aromatic carbocycles. The molecule has 2 aromatic heterocycles. The van der Waals surface area contributed by atoms with Gasteiger partial charge in [0.1, 0.15) is 0 Å². The monoisotopic (exact) mass is 738 g/mol. The molecule has 0 aliphatic carbocycles. The maximum Gasteiger partial charge on any atom is 0.0361 e. The van der Waals surface area contributed by atoms with Gasteiger partial charge in [0, 0.05) is 20.2 Å². The Kier molecular flexibility index (Phi) is 7.20. The molecule has 0 saturated heterocycles. The standard InChI is InChI=1S/C56H34S/c1-3-13-35(14-4-1)53-43-21-7-9-23-45(43)55-49-33-41(25-27-47(49)53)39-19-11-17-37(31-39)38-18-12-20-40(32-38)42-26-28-48-50(34-42)56(52-30-29-51(55)57-52)46-24-10-8-22-44(46)54(48)36-15-5-2-6-16-36/h1-34H. The van der Waals surface area contributed by atoms with Gasteiger partial charge in [-0.2, -0.15) is 0 Å². The molecule has 0 atom stereocenters. The van der Waals surface area contributed by atoms with E-state index >= 15 is 0 Å². The predicted molar refractivity (Wildman–Crippen MR) is 250 cm³/mol.